The lowest BCUT2D eigenvalue weighted by molar-refractivity contribution is 0.0987. The van der Waals surface area contributed by atoms with E-state index >= 15 is 0 Å². The summed E-state index contributed by atoms with van der Waals surface area (Å²) >= 11 is 0. The van der Waals surface area contributed by atoms with Crippen LogP contribution in [0.25, 0.3) is 0 Å². The van der Waals surface area contributed by atoms with Gasteiger partial charge in [-0.2, -0.15) is 0 Å². The normalized spacial score (nSPS) is 10.3. The average molecular weight is 230 g/mol. The fourth-order valence-electron chi connectivity index (χ4n) is 1.56. The minimum atomic E-state index is -0.270. The second kappa shape index (κ2) is 4.41. The van der Waals surface area contributed by atoms with Crippen LogP contribution in [0.15, 0.2) is 28.9 Å². The Balaban J connectivity index is 2.24. The number of carbonyl (C=O) groups excluding carboxylic acids is 1. The zero-order chi connectivity index (χ0) is 12.4. The van der Waals surface area contributed by atoms with Gasteiger partial charge in [0.25, 0.3) is 5.91 Å². The number of benzene rings is 1. The molecule has 4 heteroatoms. The summed E-state index contributed by atoms with van der Waals surface area (Å²) in [6, 6.07) is 5.90. The molecule has 2 rings (SSSR count). The van der Waals surface area contributed by atoms with Crippen molar-refractivity contribution < 1.29 is 9.32 Å². The van der Waals surface area contributed by atoms with Gasteiger partial charge >= 0.3 is 0 Å². The highest BCUT2D eigenvalue weighted by atomic mass is 16.5. The van der Waals surface area contributed by atoms with E-state index in [2.05, 4.69) is 10.5 Å². The SMILES string of the molecule is Cc1ccc(C)c(NC(=O)c2oncc2C)c1. The van der Waals surface area contributed by atoms with Crippen LogP contribution in [0.4, 0.5) is 5.69 Å². The maximum absolute atomic E-state index is 11.9. The van der Waals surface area contributed by atoms with Crippen molar-refractivity contribution in [1.29, 1.82) is 0 Å². The van der Waals surface area contributed by atoms with Crippen molar-refractivity contribution in [3.63, 3.8) is 0 Å². The molecule has 0 aliphatic rings. The van der Waals surface area contributed by atoms with E-state index in [0.29, 0.717) is 0 Å². The van der Waals surface area contributed by atoms with Gasteiger partial charge < -0.3 is 9.84 Å². The number of aromatic nitrogens is 1. The summed E-state index contributed by atoms with van der Waals surface area (Å²) in [4.78, 5) is 11.9. The van der Waals surface area contributed by atoms with Gasteiger partial charge in [-0.15, -0.1) is 0 Å². The lowest BCUT2D eigenvalue weighted by Gasteiger charge is -2.07. The van der Waals surface area contributed by atoms with Crippen LogP contribution in [0.1, 0.15) is 27.2 Å². The molecule has 0 aliphatic heterocycles. The van der Waals surface area contributed by atoms with Crippen molar-refractivity contribution >= 4 is 11.6 Å². The standard InChI is InChI=1S/C13H14N2O2/c1-8-4-5-9(2)11(6-8)15-13(16)12-10(3)7-14-17-12/h4-7H,1-3H3,(H,15,16). The molecule has 0 spiro atoms. The van der Waals surface area contributed by atoms with Crippen LogP contribution in [-0.4, -0.2) is 11.1 Å². The van der Waals surface area contributed by atoms with E-state index < -0.39 is 0 Å². The van der Waals surface area contributed by atoms with Crippen LogP contribution in [0.2, 0.25) is 0 Å². The molecule has 0 unspecified atom stereocenters. The largest absolute Gasteiger partial charge is 0.351 e. The van der Waals surface area contributed by atoms with E-state index in [1.165, 1.54) is 6.20 Å². The zero-order valence-electron chi connectivity index (χ0n) is 10.1. The molecule has 0 atom stereocenters. The van der Waals surface area contributed by atoms with Crippen LogP contribution in [-0.2, 0) is 0 Å². The van der Waals surface area contributed by atoms with Crippen molar-refractivity contribution in [2.24, 2.45) is 0 Å². The molecule has 1 aromatic heterocycles. The minimum absolute atomic E-state index is 0.255. The number of nitrogens with zero attached hydrogens (tertiary/aromatic N) is 1. The first-order chi connectivity index (χ1) is 8.08. The molecule has 88 valence electrons. The van der Waals surface area contributed by atoms with Gasteiger partial charge in [0.15, 0.2) is 0 Å². The van der Waals surface area contributed by atoms with Crippen molar-refractivity contribution in [2.45, 2.75) is 20.8 Å². The molecule has 1 N–H and O–H groups in total. The maximum Gasteiger partial charge on any atom is 0.294 e. The summed E-state index contributed by atoms with van der Waals surface area (Å²) in [5.41, 5.74) is 3.64. The number of aryl methyl sites for hydroxylation is 3. The molecule has 0 bridgehead atoms. The molecule has 0 radical (unpaired) electrons. The molecule has 0 fully saturated rings. The van der Waals surface area contributed by atoms with Gasteiger partial charge in [0.2, 0.25) is 5.76 Å². The quantitative estimate of drug-likeness (QED) is 0.863. The summed E-state index contributed by atoms with van der Waals surface area (Å²) in [7, 11) is 0. The first-order valence-electron chi connectivity index (χ1n) is 5.38. The smallest absolute Gasteiger partial charge is 0.294 e. The van der Waals surface area contributed by atoms with Gasteiger partial charge in [0, 0.05) is 11.3 Å². The first kappa shape index (κ1) is 11.4. The third kappa shape index (κ3) is 2.36. The number of hydrogen-bond acceptors (Lipinski definition) is 3. The molecule has 0 aliphatic carbocycles. The van der Waals surface area contributed by atoms with E-state index in [1.807, 2.05) is 32.0 Å². The van der Waals surface area contributed by atoms with Gasteiger partial charge in [-0.25, -0.2) is 0 Å². The van der Waals surface area contributed by atoms with Gasteiger partial charge in [0.1, 0.15) is 0 Å². The summed E-state index contributed by atoms with van der Waals surface area (Å²) in [5.74, 6) is -0.0143. The van der Waals surface area contributed by atoms with Crippen LogP contribution < -0.4 is 5.32 Å². The van der Waals surface area contributed by atoms with Crippen LogP contribution in [0.5, 0.6) is 0 Å². The first-order valence-corrected chi connectivity index (χ1v) is 5.38. The number of rotatable bonds is 2. The van der Waals surface area contributed by atoms with Gasteiger partial charge in [-0.05, 0) is 38.0 Å². The zero-order valence-corrected chi connectivity index (χ0v) is 10.1. The summed E-state index contributed by atoms with van der Waals surface area (Å²) < 4.78 is 4.91. The predicted molar refractivity (Wildman–Crippen MR) is 65.1 cm³/mol. The number of hydrogen-bond donors (Lipinski definition) is 1. The number of nitrogens with one attached hydrogen (secondary N) is 1. The molecule has 0 saturated heterocycles. The molecular weight excluding hydrogens is 216 g/mol. The Morgan fingerprint density at radius 1 is 1.24 bits per heavy atom. The van der Waals surface area contributed by atoms with Crippen LogP contribution >= 0.6 is 0 Å². The average Bonchev–Trinajstić information content (AvgIpc) is 2.70. The summed E-state index contributed by atoms with van der Waals surface area (Å²) in [5, 5.41) is 6.41. The Labute approximate surface area is 99.6 Å². The Morgan fingerprint density at radius 2 is 2.00 bits per heavy atom. The van der Waals surface area contributed by atoms with Gasteiger partial charge in [-0.3, -0.25) is 4.79 Å². The minimum Gasteiger partial charge on any atom is -0.351 e. The molecule has 1 aromatic carbocycles. The summed E-state index contributed by atoms with van der Waals surface area (Å²) in [6.07, 6.45) is 1.53. The predicted octanol–water partition coefficient (Wildman–Crippen LogP) is 2.85. The Kier molecular flexibility index (Phi) is 2.95. The lowest BCUT2D eigenvalue weighted by Crippen LogP contribution is -2.13. The fraction of sp³-hybridized carbons (Fsp3) is 0.231. The molecule has 2 aromatic rings. The van der Waals surface area contributed by atoms with Crippen LogP contribution in [0.3, 0.4) is 0 Å². The summed E-state index contributed by atoms with van der Waals surface area (Å²) in [6.45, 7) is 5.71. The maximum atomic E-state index is 11.9. The third-order valence-corrected chi connectivity index (χ3v) is 2.60. The van der Waals surface area contributed by atoms with Gasteiger partial charge in [-0.1, -0.05) is 17.3 Å². The second-order valence-corrected chi connectivity index (χ2v) is 4.11. The van der Waals surface area contributed by atoms with Crippen LogP contribution in [0, 0.1) is 20.8 Å². The number of amides is 1. The highest BCUT2D eigenvalue weighted by Crippen LogP contribution is 2.18. The molecular formula is C13H14N2O2. The fourth-order valence-corrected chi connectivity index (χ4v) is 1.56. The Bertz CT molecular complexity index is 558. The van der Waals surface area contributed by atoms with Gasteiger partial charge in [0.05, 0.1) is 6.20 Å². The Morgan fingerprint density at radius 3 is 2.65 bits per heavy atom. The topological polar surface area (TPSA) is 55.1 Å². The van der Waals surface area contributed by atoms with Crippen molar-refractivity contribution in [3.8, 4) is 0 Å². The highest BCUT2D eigenvalue weighted by Gasteiger charge is 2.14. The highest BCUT2D eigenvalue weighted by molar-refractivity contribution is 6.03. The monoisotopic (exact) mass is 230 g/mol. The van der Waals surface area contributed by atoms with E-state index in [-0.39, 0.29) is 11.7 Å². The molecule has 1 heterocycles. The van der Waals surface area contributed by atoms with E-state index in [1.54, 1.807) is 6.92 Å². The number of anilines is 1. The number of carbonyl (C=O) groups is 1. The molecule has 0 saturated carbocycles. The van der Waals surface area contributed by atoms with Crippen molar-refractivity contribution in [1.82, 2.24) is 5.16 Å². The lowest BCUT2D eigenvalue weighted by atomic mass is 10.1. The van der Waals surface area contributed by atoms with E-state index in [9.17, 15) is 4.79 Å². The Hall–Kier alpha value is -2.10. The molecule has 17 heavy (non-hydrogen) atoms. The van der Waals surface area contributed by atoms with Crippen molar-refractivity contribution in [2.75, 3.05) is 5.32 Å². The second-order valence-electron chi connectivity index (χ2n) is 4.11. The van der Waals surface area contributed by atoms with E-state index in [4.69, 9.17) is 4.52 Å². The van der Waals surface area contributed by atoms with E-state index in [0.717, 1.165) is 22.4 Å². The third-order valence-electron chi connectivity index (χ3n) is 2.60. The molecule has 1 amide bonds. The van der Waals surface area contributed by atoms with Crippen molar-refractivity contribution in [3.05, 3.63) is 46.8 Å². The molecule has 4 nitrogen and oxygen atoms in total.